The van der Waals surface area contributed by atoms with Gasteiger partial charge in [0, 0.05) is 0 Å². The molecule has 0 heterocycles. The molecule has 0 amide bonds. The lowest BCUT2D eigenvalue weighted by atomic mass is 9.49. The number of aliphatic hydroxyl groups is 1. The van der Waals surface area contributed by atoms with Gasteiger partial charge >= 0.3 is 0 Å². The molecule has 9 atom stereocenters. The first-order valence-electron chi connectivity index (χ1n) is 13.4. The van der Waals surface area contributed by atoms with E-state index >= 15 is 0 Å². The Labute approximate surface area is 181 Å². The molecule has 4 aliphatic carbocycles. The van der Waals surface area contributed by atoms with Crippen LogP contribution >= 0.6 is 0 Å². The van der Waals surface area contributed by atoms with E-state index in [9.17, 15) is 5.11 Å². The van der Waals surface area contributed by atoms with Gasteiger partial charge < -0.3 is 5.11 Å². The number of hydrogen-bond donors (Lipinski definition) is 1. The highest BCUT2D eigenvalue weighted by molar-refractivity contribution is 5.08. The minimum atomic E-state index is -0.0129. The van der Waals surface area contributed by atoms with Gasteiger partial charge in [-0.3, -0.25) is 0 Å². The minimum absolute atomic E-state index is 0.0129. The topological polar surface area (TPSA) is 20.2 Å². The lowest BCUT2D eigenvalue weighted by Crippen LogP contribution is -2.50. The Morgan fingerprint density at radius 3 is 2.31 bits per heavy atom. The molecular formula is C28H50O. The molecule has 0 bridgehead atoms. The highest BCUT2D eigenvalue weighted by Gasteiger charge is 2.59. The van der Waals surface area contributed by atoms with Gasteiger partial charge in [-0.15, -0.1) is 0 Å². The van der Waals surface area contributed by atoms with Crippen molar-refractivity contribution in [3.63, 3.8) is 0 Å². The van der Waals surface area contributed by atoms with Crippen molar-refractivity contribution in [1.82, 2.24) is 0 Å². The van der Waals surface area contributed by atoms with Crippen molar-refractivity contribution in [1.29, 1.82) is 0 Å². The molecule has 1 nitrogen and oxygen atoms in total. The molecule has 0 aromatic heterocycles. The molecule has 4 aliphatic rings. The van der Waals surface area contributed by atoms with Crippen LogP contribution in [0.2, 0.25) is 0 Å². The summed E-state index contributed by atoms with van der Waals surface area (Å²) in [5.41, 5.74) is 1.13. The van der Waals surface area contributed by atoms with Crippen molar-refractivity contribution in [2.24, 2.45) is 52.3 Å². The van der Waals surface area contributed by atoms with Crippen LogP contribution in [0.4, 0.5) is 0 Å². The zero-order valence-electron chi connectivity index (χ0n) is 20.3. The lowest BCUT2D eigenvalue weighted by Gasteiger charge is -2.56. The molecule has 4 rings (SSSR count). The van der Waals surface area contributed by atoms with Crippen molar-refractivity contribution in [2.45, 2.75) is 124 Å². The highest BCUT2D eigenvalue weighted by atomic mass is 16.3. The fraction of sp³-hybridized carbons (Fsp3) is 1.00. The third-order valence-corrected chi connectivity index (χ3v) is 11.1. The quantitative estimate of drug-likeness (QED) is 0.496. The molecular weight excluding hydrogens is 352 g/mol. The predicted molar refractivity (Wildman–Crippen MR) is 124 cm³/mol. The number of hydrogen-bond acceptors (Lipinski definition) is 1. The Balaban J connectivity index is 1.49. The summed E-state index contributed by atoms with van der Waals surface area (Å²) in [5.74, 6) is 6.44. The van der Waals surface area contributed by atoms with Crippen LogP contribution in [0.3, 0.4) is 0 Å². The van der Waals surface area contributed by atoms with Crippen LogP contribution in [0.15, 0.2) is 0 Å². The van der Waals surface area contributed by atoms with Gasteiger partial charge in [0.2, 0.25) is 0 Å². The van der Waals surface area contributed by atoms with Gasteiger partial charge in [0.05, 0.1) is 6.10 Å². The summed E-state index contributed by atoms with van der Waals surface area (Å²) < 4.78 is 0. The molecule has 0 aromatic rings. The van der Waals surface area contributed by atoms with Crippen molar-refractivity contribution < 1.29 is 5.11 Å². The van der Waals surface area contributed by atoms with Crippen LogP contribution in [0.5, 0.6) is 0 Å². The summed E-state index contributed by atoms with van der Waals surface area (Å²) in [6.45, 7) is 12.7. The molecule has 4 saturated carbocycles. The van der Waals surface area contributed by atoms with Crippen molar-refractivity contribution >= 4 is 0 Å². The average Bonchev–Trinajstić information content (AvgIpc) is 2.94. The number of aliphatic hydroxyl groups excluding tert-OH is 1. The molecule has 0 saturated heterocycles. The smallest absolute Gasteiger partial charge is 0.0543 e. The van der Waals surface area contributed by atoms with E-state index < -0.39 is 0 Å². The fourth-order valence-corrected chi connectivity index (χ4v) is 9.47. The summed E-state index contributed by atoms with van der Waals surface area (Å²) in [4.78, 5) is 0. The molecule has 4 fully saturated rings. The number of fused-ring (bicyclic) bond motifs is 5. The molecule has 0 aromatic carbocycles. The second-order valence-corrected chi connectivity index (χ2v) is 13.0. The van der Waals surface area contributed by atoms with Gasteiger partial charge in [0.1, 0.15) is 0 Å². The van der Waals surface area contributed by atoms with Crippen molar-refractivity contribution in [2.75, 3.05) is 0 Å². The van der Waals surface area contributed by atoms with Crippen LogP contribution in [-0.4, -0.2) is 11.2 Å². The number of rotatable bonds is 5. The van der Waals surface area contributed by atoms with Crippen LogP contribution in [0, 0.1) is 52.3 Å². The predicted octanol–water partition coefficient (Wildman–Crippen LogP) is 7.86. The Kier molecular flexibility index (Phi) is 6.48. The second kappa shape index (κ2) is 8.48. The Morgan fingerprint density at radius 1 is 0.828 bits per heavy atom. The van der Waals surface area contributed by atoms with Crippen LogP contribution in [0.1, 0.15) is 118 Å². The summed E-state index contributed by atoms with van der Waals surface area (Å²) in [5, 5.41) is 10.3. The molecule has 0 aliphatic heterocycles. The molecule has 29 heavy (non-hydrogen) atoms. The Hall–Kier alpha value is -0.0400. The van der Waals surface area contributed by atoms with Gasteiger partial charge in [-0.1, -0.05) is 60.3 Å². The standard InChI is InChI=1S/C28H50O/c1-19(2)8-6-9-20(3)24-12-13-25-23-11-7-10-21-18-22(29)14-16-27(21,4)26(23)15-17-28(24,25)5/h19-26,29H,6-18H2,1-5H3/t20-,21+,22+,23-,24-,25+,26+,27+,28-/m1/s1. The van der Waals surface area contributed by atoms with Gasteiger partial charge in [0.25, 0.3) is 0 Å². The Bertz CT molecular complexity index is 555. The van der Waals surface area contributed by atoms with E-state index in [2.05, 4.69) is 34.6 Å². The summed E-state index contributed by atoms with van der Waals surface area (Å²) in [7, 11) is 0. The molecule has 0 radical (unpaired) electrons. The van der Waals surface area contributed by atoms with Crippen molar-refractivity contribution in [3.8, 4) is 0 Å². The van der Waals surface area contributed by atoms with E-state index in [0.717, 1.165) is 54.3 Å². The first-order valence-corrected chi connectivity index (χ1v) is 13.4. The second-order valence-electron chi connectivity index (χ2n) is 13.0. The van der Waals surface area contributed by atoms with E-state index in [1.165, 1.54) is 70.6 Å². The first-order chi connectivity index (χ1) is 13.8. The lowest BCUT2D eigenvalue weighted by molar-refractivity contribution is -0.0878. The molecule has 1 heteroatoms. The summed E-state index contributed by atoms with van der Waals surface area (Å²) in [6, 6.07) is 0. The van der Waals surface area contributed by atoms with E-state index in [1.807, 2.05) is 0 Å². The summed E-state index contributed by atoms with van der Waals surface area (Å²) >= 11 is 0. The summed E-state index contributed by atoms with van der Waals surface area (Å²) in [6.07, 6.45) is 18.0. The van der Waals surface area contributed by atoms with E-state index in [0.29, 0.717) is 10.8 Å². The Morgan fingerprint density at radius 2 is 1.55 bits per heavy atom. The van der Waals surface area contributed by atoms with Gasteiger partial charge in [-0.05, 0) is 110 Å². The van der Waals surface area contributed by atoms with Crippen LogP contribution in [0.25, 0.3) is 0 Å². The largest absolute Gasteiger partial charge is 0.393 e. The monoisotopic (exact) mass is 402 g/mol. The highest BCUT2D eigenvalue weighted by Crippen LogP contribution is 2.67. The molecule has 0 unspecified atom stereocenters. The zero-order valence-corrected chi connectivity index (χ0v) is 20.3. The zero-order chi connectivity index (χ0) is 20.8. The van der Waals surface area contributed by atoms with E-state index in [1.54, 1.807) is 0 Å². The maximum atomic E-state index is 10.3. The van der Waals surface area contributed by atoms with Crippen molar-refractivity contribution in [3.05, 3.63) is 0 Å². The maximum Gasteiger partial charge on any atom is 0.0543 e. The third-order valence-electron chi connectivity index (χ3n) is 11.1. The minimum Gasteiger partial charge on any atom is -0.393 e. The fourth-order valence-electron chi connectivity index (χ4n) is 9.47. The molecule has 0 spiro atoms. The van der Waals surface area contributed by atoms with Crippen LogP contribution in [-0.2, 0) is 0 Å². The first kappa shape index (κ1) is 22.2. The average molecular weight is 403 g/mol. The van der Waals surface area contributed by atoms with Gasteiger partial charge in [0.15, 0.2) is 0 Å². The van der Waals surface area contributed by atoms with E-state index in [-0.39, 0.29) is 6.10 Å². The normalized spacial score (nSPS) is 48.5. The van der Waals surface area contributed by atoms with Gasteiger partial charge in [-0.2, -0.15) is 0 Å². The third kappa shape index (κ3) is 3.96. The maximum absolute atomic E-state index is 10.3. The SMILES string of the molecule is CC(C)CCC[C@@H](C)[C@H]1CC[C@H]2[C@H]3CCC[C@H]4C[C@@H](O)CC[C@]4(C)[C@H]3CC[C@]12C. The van der Waals surface area contributed by atoms with Crippen LogP contribution < -0.4 is 0 Å². The van der Waals surface area contributed by atoms with E-state index in [4.69, 9.17) is 0 Å². The van der Waals surface area contributed by atoms with Gasteiger partial charge in [-0.25, -0.2) is 0 Å². The molecule has 168 valence electrons. The molecule has 1 N–H and O–H groups in total.